The van der Waals surface area contributed by atoms with Crippen molar-refractivity contribution in [2.45, 2.75) is 13.8 Å². The van der Waals surface area contributed by atoms with Crippen LogP contribution in [0.4, 0.5) is 0 Å². The summed E-state index contributed by atoms with van der Waals surface area (Å²) >= 11 is 4.04. The van der Waals surface area contributed by atoms with Gasteiger partial charge in [-0.2, -0.15) is 0 Å². The monoisotopic (exact) mass is 150 g/mol. The standard InChI is InChI=1S/C7H9BNS/c1-5-3-4-9-7(8-10)6(5)2/h3-4,10H,1-2H3. The van der Waals surface area contributed by atoms with Gasteiger partial charge in [0.25, 0.3) is 6.56 Å². The molecule has 0 N–H and O–H groups in total. The van der Waals surface area contributed by atoms with Crippen LogP contribution in [0.1, 0.15) is 11.1 Å². The van der Waals surface area contributed by atoms with Crippen molar-refractivity contribution in [1.29, 1.82) is 0 Å². The van der Waals surface area contributed by atoms with E-state index in [1.54, 1.807) is 12.8 Å². The lowest BCUT2D eigenvalue weighted by Gasteiger charge is -2.02. The van der Waals surface area contributed by atoms with E-state index in [1.807, 2.05) is 13.0 Å². The van der Waals surface area contributed by atoms with E-state index in [1.165, 1.54) is 11.1 Å². The van der Waals surface area contributed by atoms with Crippen LogP contribution in [0.3, 0.4) is 0 Å². The van der Waals surface area contributed by atoms with Crippen molar-refractivity contribution in [3.05, 3.63) is 23.4 Å². The van der Waals surface area contributed by atoms with Crippen LogP contribution in [0.25, 0.3) is 0 Å². The van der Waals surface area contributed by atoms with Crippen molar-refractivity contribution in [1.82, 2.24) is 4.98 Å². The Kier molecular flexibility index (Phi) is 2.38. The lowest BCUT2D eigenvalue weighted by atomic mass is 9.94. The van der Waals surface area contributed by atoms with E-state index in [-0.39, 0.29) is 0 Å². The Morgan fingerprint density at radius 2 is 2.20 bits per heavy atom. The van der Waals surface area contributed by atoms with E-state index >= 15 is 0 Å². The summed E-state index contributed by atoms with van der Waals surface area (Å²) in [5, 5.41) is 0. The van der Waals surface area contributed by atoms with Crippen LogP contribution in [-0.4, -0.2) is 11.5 Å². The molecule has 1 aromatic heterocycles. The van der Waals surface area contributed by atoms with Gasteiger partial charge in [-0.3, -0.25) is 4.98 Å². The molecule has 0 spiro atoms. The summed E-state index contributed by atoms with van der Waals surface area (Å²) in [6.45, 7) is 5.84. The minimum Gasteiger partial charge on any atom is -0.271 e. The fraction of sp³-hybridized carbons (Fsp3) is 0.286. The van der Waals surface area contributed by atoms with E-state index in [4.69, 9.17) is 0 Å². The van der Waals surface area contributed by atoms with Crippen molar-refractivity contribution in [3.8, 4) is 0 Å². The molecule has 1 nitrogen and oxygen atoms in total. The van der Waals surface area contributed by atoms with Gasteiger partial charge in [0.1, 0.15) is 0 Å². The van der Waals surface area contributed by atoms with Crippen molar-refractivity contribution >= 4 is 24.6 Å². The first-order valence-electron chi connectivity index (χ1n) is 3.15. The molecule has 51 valence electrons. The van der Waals surface area contributed by atoms with E-state index in [2.05, 4.69) is 24.4 Å². The van der Waals surface area contributed by atoms with Crippen molar-refractivity contribution in [3.63, 3.8) is 0 Å². The first kappa shape index (κ1) is 7.67. The summed E-state index contributed by atoms with van der Waals surface area (Å²) in [6, 6.07) is 2.00. The largest absolute Gasteiger partial charge is 0.271 e. The molecular weight excluding hydrogens is 141 g/mol. The number of thiol groups is 1. The first-order chi connectivity index (χ1) is 4.75. The molecule has 0 saturated carbocycles. The fourth-order valence-corrected chi connectivity index (χ4v) is 1.04. The molecule has 0 atom stereocenters. The molecule has 1 radical (unpaired) electrons. The number of pyridine rings is 1. The summed E-state index contributed by atoms with van der Waals surface area (Å²) < 4.78 is 0. The predicted molar refractivity (Wildman–Crippen MR) is 48.1 cm³/mol. The minimum absolute atomic E-state index is 0.961. The molecule has 0 amide bonds. The van der Waals surface area contributed by atoms with Crippen LogP contribution in [-0.2, 0) is 0 Å². The zero-order chi connectivity index (χ0) is 7.56. The average molecular weight is 150 g/mol. The van der Waals surface area contributed by atoms with Gasteiger partial charge in [0, 0.05) is 11.8 Å². The summed E-state index contributed by atoms with van der Waals surface area (Å²) in [7, 11) is 0. The Morgan fingerprint density at radius 1 is 1.50 bits per heavy atom. The Balaban J connectivity index is 3.14. The molecule has 0 unspecified atom stereocenters. The second-order valence-electron chi connectivity index (χ2n) is 2.27. The van der Waals surface area contributed by atoms with Crippen LogP contribution in [0.5, 0.6) is 0 Å². The van der Waals surface area contributed by atoms with Gasteiger partial charge in [-0.15, -0.1) is 0 Å². The number of aryl methyl sites for hydroxylation is 1. The summed E-state index contributed by atoms with van der Waals surface area (Å²) in [5.74, 6) is 0. The van der Waals surface area contributed by atoms with E-state index in [9.17, 15) is 0 Å². The number of hydrogen-bond donors (Lipinski definition) is 1. The maximum absolute atomic E-state index is 4.13. The molecule has 1 rings (SSSR count). The van der Waals surface area contributed by atoms with Gasteiger partial charge in [-0.25, -0.2) is 12.5 Å². The maximum Gasteiger partial charge on any atom is 0.251 e. The van der Waals surface area contributed by atoms with Gasteiger partial charge in [-0.1, -0.05) is 0 Å². The van der Waals surface area contributed by atoms with Gasteiger partial charge in [0.2, 0.25) is 0 Å². The molecule has 0 saturated heterocycles. The van der Waals surface area contributed by atoms with E-state index < -0.39 is 0 Å². The van der Waals surface area contributed by atoms with Crippen LogP contribution < -0.4 is 5.59 Å². The summed E-state index contributed by atoms with van der Waals surface area (Å²) in [6.07, 6.45) is 1.80. The molecule has 10 heavy (non-hydrogen) atoms. The summed E-state index contributed by atoms with van der Waals surface area (Å²) in [4.78, 5) is 4.13. The lowest BCUT2D eigenvalue weighted by Crippen LogP contribution is -2.18. The highest BCUT2D eigenvalue weighted by molar-refractivity contribution is 8.08. The second-order valence-corrected chi connectivity index (χ2v) is 2.53. The molecule has 0 fully saturated rings. The normalized spacial score (nSPS) is 9.50. The highest BCUT2D eigenvalue weighted by Crippen LogP contribution is 1.99. The van der Waals surface area contributed by atoms with Crippen molar-refractivity contribution < 1.29 is 0 Å². The predicted octanol–water partition coefficient (Wildman–Crippen LogP) is 0.873. The van der Waals surface area contributed by atoms with Crippen LogP contribution >= 0.6 is 12.5 Å². The highest BCUT2D eigenvalue weighted by atomic mass is 32.1. The van der Waals surface area contributed by atoms with Gasteiger partial charge in [0.05, 0.1) is 0 Å². The molecule has 0 aromatic carbocycles. The molecule has 1 heterocycles. The van der Waals surface area contributed by atoms with Gasteiger partial charge < -0.3 is 0 Å². The molecule has 3 heteroatoms. The molecule has 1 aromatic rings. The molecule has 0 aliphatic rings. The second kappa shape index (κ2) is 3.10. The highest BCUT2D eigenvalue weighted by Gasteiger charge is 1.99. The van der Waals surface area contributed by atoms with Gasteiger partial charge in [0.15, 0.2) is 0 Å². The van der Waals surface area contributed by atoms with Crippen LogP contribution in [0.15, 0.2) is 12.3 Å². The summed E-state index contributed by atoms with van der Waals surface area (Å²) in [5.41, 5.74) is 3.43. The van der Waals surface area contributed by atoms with Crippen LogP contribution in [0.2, 0.25) is 0 Å². The lowest BCUT2D eigenvalue weighted by molar-refractivity contribution is 1.26. The molecule has 0 aliphatic heterocycles. The molecule has 0 aliphatic carbocycles. The van der Waals surface area contributed by atoms with Gasteiger partial charge >= 0.3 is 0 Å². The van der Waals surface area contributed by atoms with Crippen LogP contribution in [0, 0.1) is 13.8 Å². The maximum atomic E-state index is 4.13. The fourth-order valence-electron chi connectivity index (χ4n) is 0.783. The minimum atomic E-state index is 0.961. The third kappa shape index (κ3) is 1.35. The quantitative estimate of drug-likeness (QED) is 0.463. The average Bonchev–Trinajstić information content (AvgIpc) is 1.95. The number of aromatic nitrogens is 1. The number of hydrogen-bond acceptors (Lipinski definition) is 2. The topological polar surface area (TPSA) is 12.9 Å². The SMILES string of the molecule is Cc1ccnc([B]S)c1C. The zero-order valence-electron chi connectivity index (χ0n) is 6.13. The Morgan fingerprint density at radius 3 is 2.70 bits per heavy atom. The van der Waals surface area contributed by atoms with Crippen molar-refractivity contribution in [2.24, 2.45) is 0 Å². The first-order valence-corrected chi connectivity index (χ1v) is 3.67. The van der Waals surface area contributed by atoms with Crippen molar-refractivity contribution in [2.75, 3.05) is 0 Å². The number of rotatable bonds is 1. The zero-order valence-corrected chi connectivity index (χ0v) is 7.02. The third-order valence-electron chi connectivity index (χ3n) is 1.64. The Labute approximate surface area is 67.4 Å². The number of nitrogens with zero attached hydrogens (tertiary/aromatic N) is 1. The van der Waals surface area contributed by atoms with E-state index in [0.717, 1.165) is 5.59 Å². The third-order valence-corrected chi connectivity index (χ3v) is 1.88. The Hall–Kier alpha value is -0.435. The van der Waals surface area contributed by atoms with E-state index in [0.29, 0.717) is 0 Å². The smallest absolute Gasteiger partial charge is 0.251 e. The molecule has 0 bridgehead atoms. The van der Waals surface area contributed by atoms with Gasteiger partial charge in [-0.05, 0) is 31.0 Å². The molecular formula is C7H9BNS. The Bertz CT molecular complexity index is 237.